The van der Waals surface area contributed by atoms with Crippen molar-refractivity contribution in [3.63, 3.8) is 0 Å². The standard InChI is InChI=1S/C19H21FN4O3/c20-15-4-3-13(9-14(15)12-1-2-12)24-18(10-16(21)25)22-17(11-19(24)26)23-5-7-27-8-6-23/h3-4,9,11-12H,1-2,5-8,10H2,(H2,21,25). The summed E-state index contributed by atoms with van der Waals surface area (Å²) in [6, 6.07) is 6.01. The highest BCUT2D eigenvalue weighted by molar-refractivity contribution is 5.76. The molecule has 1 aromatic carbocycles. The lowest BCUT2D eigenvalue weighted by Crippen LogP contribution is -2.38. The predicted molar refractivity (Wildman–Crippen MR) is 97.7 cm³/mol. The van der Waals surface area contributed by atoms with E-state index in [0.717, 1.165) is 12.8 Å². The first kappa shape index (κ1) is 17.7. The van der Waals surface area contributed by atoms with Crippen molar-refractivity contribution in [2.75, 3.05) is 31.2 Å². The monoisotopic (exact) mass is 372 g/mol. The first-order chi connectivity index (χ1) is 13.0. The van der Waals surface area contributed by atoms with Gasteiger partial charge >= 0.3 is 0 Å². The Labute approximate surface area is 155 Å². The Bertz CT molecular complexity index is 933. The number of ether oxygens (including phenoxy) is 1. The highest BCUT2D eigenvalue weighted by Gasteiger charge is 2.27. The molecule has 1 saturated carbocycles. The second-order valence-electron chi connectivity index (χ2n) is 6.93. The van der Waals surface area contributed by atoms with Gasteiger partial charge in [-0.25, -0.2) is 9.37 Å². The van der Waals surface area contributed by atoms with E-state index in [2.05, 4.69) is 4.98 Å². The fraction of sp³-hybridized carbons (Fsp3) is 0.421. The van der Waals surface area contributed by atoms with Gasteiger partial charge in [0.2, 0.25) is 5.91 Å². The number of hydrogen-bond acceptors (Lipinski definition) is 5. The van der Waals surface area contributed by atoms with Crippen LogP contribution in [0.1, 0.15) is 30.1 Å². The number of hydrogen-bond donors (Lipinski definition) is 1. The number of amides is 1. The molecule has 1 aromatic heterocycles. The maximum Gasteiger partial charge on any atom is 0.260 e. The molecular weight excluding hydrogens is 351 g/mol. The maximum atomic E-state index is 14.1. The average molecular weight is 372 g/mol. The summed E-state index contributed by atoms with van der Waals surface area (Å²) in [5.41, 5.74) is 6.15. The molecule has 1 amide bonds. The van der Waals surface area contributed by atoms with Gasteiger partial charge in [0.05, 0.1) is 25.3 Å². The van der Waals surface area contributed by atoms with Gasteiger partial charge in [0, 0.05) is 19.2 Å². The van der Waals surface area contributed by atoms with Crippen LogP contribution in [0.3, 0.4) is 0 Å². The van der Waals surface area contributed by atoms with E-state index < -0.39 is 5.91 Å². The van der Waals surface area contributed by atoms with Crippen LogP contribution in [0.2, 0.25) is 0 Å². The van der Waals surface area contributed by atoms with Crippen LogP contribution in [0.15, 0.2) is 29.1 Å². The smallest absolute Gasteiger partial charge is 0.260 e. The van der Waals surface area contributed by atoms with E-state index >= 15 is 0 Å². The molecule has 7 nitrogen and oxygen atoms in total. The number of halogens is 1. The number of nitrogens with two attached hydrogens (primary N) is 1. The zero-order valence-electron chi connectivity index (χ0n) is 14.9. The molecule has 0 spiro atoms. The van der Waals surface area contributed by atoms with Crippen molar-refractivity contribution in [1.82, 2.24) is 9.55 Å². The Morgan fingerprint density at radius 2 is 2.00 bits per heavy atom. The molecular formula is C19H21FN4O3. The summed E-state index contributed by atoms with van der Waals surface area (Å²) in [4.78, 5) is 30.9. The Kier molecular flexibility index (Phi) is 4.65. The number of primary amides is 1. The van der Waals surface area contributed by atoms with Gasteiger partial charge in [-0.2, -0.15) is 0 Å². The summed E-state index contributed by atoms with van der Waals surface area (Å²) in [6.07, 6.45) is 1.71. The van der Waals surface area contributed by atoms with E-state index in [1.54, 1.807) is 6.07 Å². The molecule has 2 heterocycles. The van der Waals surface area contributed by atoms with Crippen molar-refractivity contribution in [2.45, 2.75) is 25.2 Å². The number of carbonyl (C=O) groups is 1. The third-order valence-electron chi connectivity index (χ3n) is 4.90. The van der Waals surface area contributed by atoms with Crippen molar-refractivity contribution in [2.24, 2.45) is 5.73 Å². The highest BCUT2D eigenvalue weighted by atomic mass is 19.1. The normalized spacial score (nSPS) is 17.1. The van der Waals surface area contributed by atoms with Crippen molar-refractivity contribution < 1.29 is 13.9 Å². The molecule has 1 saturated heterocycles. The van der Waals surface area contributed by atoms with Gasteiger partial charge in [0.25, 0.3) is 5.56 Å². The van der Waals surface area contributed by atoms with Gasteiger partial charge < -0.3 is 15.4 Å². The van der Waals surface area contributed by atoms with Crippen molar-refractivity contribution >= 4 is 11.7 Å². The second-order valence-corrected chi connectivity index (χ2v) is 6.93. The quantitative estimate of drug-likeness (QED) is 0.849. The van der Waals surface area contributed by atoms with Gasteiger partial charge in [-0.1, -0.05) is 0 Å². The molecule has 4 rings (SSSR count). The van der Waals surface area contributed by atoms with E-state index in [4.69, 9.17) is 10.5 Å². The SMILES string of the molecule is NC(=O)Cc1nc(N2CCOCC2)cc(=O)n1-c1ccc(F)c(C2CC2)c1. The first-order valence-electron chi connectivity index (χ1n) is 9.07. The van der Waals surface area contributed by atoms with E-state index in [9.17, 15) is 14.0 Å². The predicted octanol–water partition coefficient (Wildman–Crippen LogP) is 1.11. The molecule has 2 N–H and O–H groups in total. The molecule has 2 fully saturated rings. The Morgan fingerprint density at radius 3 is 2.67 bits per heavy atom. The van der Waals surface area contributed by atoms with Gasteiger partial charge in [-0.3, -0.25) is 14.2 Å². The molecule has 1 aliphatic carbocycles. The number of benzene rings is 1. The number of morpholine rings is 1. The number of rotatable bonds is 5. The van der Waals surface area contributed by atoms with Crippen molar-refractivity contribution in [3.05, 3.63) is 51.8 Å². The van der Waals surface area contributed by atoms with Crippen LogP contribution in [0, 0.1) is 5.82 Å². The van der Waals surface area contributed by atoms with E-state index in [1.807, 2.05) is 4.90 Å². The number of nitrogens with zero attached hydrogens (tertiary/aromatic N) is 3. The maximum absolute atomic E-state index is 14.1. The van der Waals surface area contributed by atoms with Crippen LogP contribution in [-0.2, 0) is 16.0 Å². The summed E-state index contributed by atoms with van der Waals surface area (Å²) in [6.45, 7) is 2.35. The highest BCUT2D eigenvalue weighted by Crippen LogP contribution is 2.41. The van der Waals surface area contributed by atoms with Crippen LogP contribution in [-0.4, -0.2) is 41.8 Å². The molecule has 2 aliphatic rings. The first-order valence-corrected chi connectivity index (χ1v) is 9.07. The Hall–Kier alpha value is -2.74. The molecule has 0 bridgehead atoms. The zero-order chi connectivity index (χ0) is 19.0. The molecule has 2 aromatic rings. The molecule has 0 radical (unpaired) electrons. The lowest BCUT2D eigenvalue weighted by molar-refractivity contribution is -0.117. The average Bonchev–Trinajstić information content (AvgIpc) is 3.48. The van der Waals surface area contributed by atoms with Gasteiger partial charge in [-0.05, 0) is 42.5 Å². The minimum absolute atomic E-state index is 0.177. The molecule has 0 atom stereocenters. The lowest BCUT2D eigenvalue weighted by Gasteiger charge is -2.28. The third-order valence-corrected chi connectivity index (χ3v) is 4.90. The van der Waals surface area contributed by atoms with Crippen LogP contribution in [0.5, 0.6) is 0 Å². The molecule has 1 aliphatic heterocycles. The topological polar surface area (TPSA) is 90.5 Å². The minimum atomic E-state index is -0.584. The Balaban J connectivity index is 1.80. The van der Waals surface area contributed by atoms with Crippen LogP contribution in [0.4, 0.5) is 10.2 Å². The molecule has 0 unspecified atom stereocenters. The fourth-order valence-electron chi connectivity index (χ4n) is 3.40. The van der Waals surface area contributed by atoms with E-state index in [-0.39, 0.29) is 29.5 Å². The fourth-order valence-corrected chi connectivity index (χ4v) is 3.40. The van der Waals surface area contributed by atoms with E-state index in [1.165, 1.54) is 22.8 Å². The summed E-state index contributed by atoms with van der Waals surface area (Å²) < 4.78 is 20.8. The lowest BCUT2D eigenvalue weighted by atomic mass is 10.1. The molecule has 27 heavy (non-hydrogen) atoms. The van der Waals surface area contributed by atoms with Crippen LogP contribution in [0.25, 0.3) is 5.69 Å². The number of anilines is 1. The van der Waals surface area contributed by atoms with Gasteiger partial charge in [0.15, 0.2) is 0 Å². The van der Waals surface area contributed by atoms with Crippen molar-refractivity contribution in [3.8, 4) is 5.69 Å². The second kappa shape index (κ2) is 7.11. The minimum Gasteiger partial charge on any atom is -0.378 e. The van der Waals surface area contributed by atoms with Crippen LogP contribution >= 0.6 is 0 Å². The zero-order valence-corrected chi connectivity index (χ0v) is 14.9. The molecule has 8 heteroatoms. The van der Waals surface area contributed by atoms with Crippen molar-refractivity contribution in [1.29, 1.82) is 0 Å². The Morgan fingerprint density at radius 1 is 1.26 bits per heavy atom. The summed E-state index contributed by atoms with van der Waals surface area (Å²) in [7, 11) is 0. The number of aromatic nitrogens is 2. The largest absolute Gasteiger partial charge is 0.378 e. The summed E-state index contributed by atoms with van der Waals surface area (Å²) >= 11 is 0. The summed E-state index contributed by atoms with van der Waals surface area (Å²) in [5, 5.41) is 0. The van der Waals surface area contributed by atoms with E-state index in [0.29, 0.717) is 43.4 Å². The summed E-state index contributed by atoms with van der Waals surface area (Å²) in [5.74, 6) is 0.0916. The third kappa shape index (κ3) is 3.71. The van der Waals surface area contributed by atoms with Gasteiger partial charge in [-0.15, -0.1) is 0 Å². The molecule has 142 valence electrons. The van der Waals surface area contributed by atoms with Crippen LogP contribution < -0.4 is 16.2 Å². The number of carbonyl (C=O) groups excluding carboxylic acids is 1. The van der Waals surface area contributed by atoms with Gasteiger partial charge in [0.1, 0.15) is 17.5 Å².